The van der Waals surface area contributed by atoms with Crippen LogP contribution in [0.1, 0.15) is 96.6 Å². The third-order valence-corrected chi connectivity index (χ3v) is 13.0. The largest absolute Gasteiger partial charge is 0.748 e. The summed E-state index contributed by atoms with van der Waals surface area (Å²) in [7, 11) is -4.52. The zero-order valence-corrected chi connectivity index (χ0v) is 25.1. The first-order valence-corrected chi connectivity index (χ1v) is 17.0. The Morgan fingerprint density at radius 2 is 1.77 bits per heavy atom. The van der Waals surface area contributed by atoms with Crippen molar-refractivity contribution < 1.29 is 28.0 Å². The molecule has 224 valence electrons. The second kappa shape index (κ2) is 11.3. The van der Waals surface area contributed by atoms with Crippen LogP contribution in [0.15, 0.2) is 30.3 Å². The van der Waals surface area contributed by atoms with Crippen LogP contribution < -0.4 is 5.32 Å². The van der Waals surface area contributed by atoms with Gasteiger partial charge < -0.3 is 20.1 Å². The third kappa shape index (κ3) is 5.62. The van der Waals surface area contributed by atoms with E-state index >= 15 is 0 Å². The van der Waals surface area contributed by atoms with Gasteiger partial charge in [-0.3, -0.25) is 4.79 Å². The van der Waals surface area contributed by atoms with Gasteiger partial charge in [-0.05, 0) is 110 Å². The number of amides is 1. The van der Waals surface area contributed by atoms with Crippen molar-refractivity contribution >= 4 is 16.0 Å². The third-order valence-electron chi connectivity index (χ3n) is 12.2. The van der Waals surface area contributed by atoms with Crippen molar-refractivity contribution in [2.45, 2.75) is 103 Å². The number of fused-ring (bicyclic) bond motifs is 5. The van der Waals surface area contributed by atoms with E-state index in [2.05, 4.69) is 26.1 Å². The molecule has 0 unspecified atom stereocenters. The molecule has 11 atom stereocenters. The van der Waals surface area contributed by atoms with Crippen molar-refractivity contribution in [2.24, 2.45) is 46.3 Å². The summed E-state index contributed by atoms with van der Waals surface area (Å²) in [5.74, 6) is 1.81. The molecule has 1 aromatic rings. The number of aliphatic hydroxyl groups excluding tert-OH is 2. The predicted octanol–water partition coefficient (Wildman–Crippen LogP) is 4.80. The van der Waals surface area contributed by atoms with Crippen molar-refractivity contribution in [1.29, 1.82) is 0 Å². The van der Waals surface area contributed by atoms with E-state index in [9.17, 15) is 28.0 Å². The second-order valence-electron chi connectivity index (χ2n) is 14.2. The highest BCUT2D eigenvalue weighted by Gasteiger charge is 2.63. The summed E-state index contributed by atoms with van der Waals surface area (Å²) in [6.45, 7) is 6.93. The molecule has 8 heteroatoms. The predicted molar refractivity (Wildman–Crippen MR) is 153 cm³/mol. The van der Waals surface area contributed by atoms with Gasteiger partial charge in [0, 0.05) is 6.42 Å². The Morgan fingerprint density at radius 1 is 1.05 bits per heavy atom. The minimum atomic E-state index is -4.52. The number of rotatable bonds is 8. The summed E-state index contributed by atoms with van der Waals surface area (Å²) in [5.41, 5.74) is 0.641. The van der Waals surface area contributed by atoms with Gasteiger partial charge in [0.1, 0.15) is 0 Å². The topological polar surface area (TPSA) is 127 Å². The normalized spacial score (nSPS) is 40.8. The van der Waals surface area contributed by atoms with Gasteiger partial charge >= 0.3 is 0 Å². The van der Waals surface area contributed by atoms with Crippen molar-refractivity contribution in [3.05, 3.63) is 35.9 Å². The number of hydrogen-bond donors (Lipinski definition) is 3. The van der Waals surface area contributed by atoms with Gasteiger partial charge in [-0.25, -0.2) is 8.42 Å². The number of nitrogens with one attached hydrogen (secondary N) is 1. The maximum absolute atomic E-state index is 13.0. The Hall–Kier alpha value is -1.48. The Labute approximate surface area is 240 Å². The average Bonchev–Trinajstić information content (AvgIpc) is 3.26. The van der Waals surface area contributed by atoms with E-state index in [1.807, 2.05) is 0 Å². The Kier molecular flexibility index (Phi) is 8.48. The summed E-state index contributed by atoms with van der Waals surface area (Å²) in [4.78, 5) is 13.0. The van der Waals surface area contributed by atoms with Crippen LogP contribution in [0.4, 0.5) is 0 Å². The molecule has 0 saturated heterocycles. The Balaban J connectivity index is 1.24. The second-order valence-corrected chi connectivity index (χ2v) is 15.6. The van der Waals surface area contributed by atoms with Crippen molar-refractivity contribution in [3.8, 4) is 0 Å². The lowest BCUT2D eigenvalue weighted by atomic mass is 9.43. The standard InChI is InChI=1S/C32H49NO6S/c1-20(9-14-30(36)33-28(19-40(37,38)39)21-7-5-4-6-8-21)25-12-13-26-24-11-10-22-17-23(34)15-16-31(22,2)27(24)18-29(35)32(25,26)3/h4-8,20,22-29,34-35H,9-19H2,1-3H3,(H,33,36)(H,37,38,39)/p-1/t20-,22-,23-,24+,25-,26+,27+,28+,29+,31+,32-/m1/s1. The van der Waals surface area contributed by atoms with E-state index in [1.54, 1.807) is 30.3 Å². The molecule has 0 radical (unpaired) electrons. The summed E-state index contributed by atoms with van der Waals surface area (Å²) < 4.78 is 34.5. The van der Waals surface area contributed by atoms with Crippen LogP contribution in [-0.2, 0) is 14.9 Å². The molecule has 0 heterocycles. The highest BCUT2D eigenvalue weighted by atomic mass is 32.2. The molecule has 7 nitrogen and oxygen atoms in total. The lowest BCUT2D eigenvalue weighted by Gasteiger charge is -2.62. The van der Waals surface area contributed by atoms with Crippen LogP contribution in [0, 0.1) is 46.3 Å². The van der Waals surface area contributed by atoms with Gasteiger partial charge in [0.25, 0.3) is 0 Å². The summed E-state index contributed by atoms with van der Waals surface area (Å²) in [6.07, 6.45) is 8.61. The fourth-order valence-corrected chi connectivity index (χ4v) is 10.8. The van der Waals surface area contributed by atoms with Crippen LogP contribution in [0.2, 0.25) is 0 Å². The molecule has 3 N–H and O–H groups in total. The first kappa shape index (κ1) is 30.0. The highest BCUT2D eigenvalue weighted by molar-refractivity contribution is 7.85. The highest BCUT2D eigenvalue weighted by Crippen LogP contribution is 2.68. The van der Waals surface area contributed by atoms with Crippen LogP contribution in [0.25, 0.3) is 0 Å². The maximum Gasteiger partial charge on any atom is 0.220 e. The lowest BCUT2D eigenvalue weighted by molar-refractivity contribution is -0.175. The summed E-state index contributed by atoms with van der Waals surface area (Å²) in [6, 6.07) is 7.90. The van der Waals surface area contributed by atoms with Gasteiger partial charge in [-0.2, -0.15) is 0 Å². The fourth-order valence-electron chi connectivity index (χ4n) is 10.1. The SMILES string of the molecule is C[C@H](CCC(=O)N[C@@H](CS(=O)(=O)[O-])c1ccccc1)[C@H]1CC[C@H]2[C@@H]3CC[C@@H]4C[C@H](O)CC[C@]4(C)[C@H]3C[C@H](O)[C@]12C. The molecule has 4 aliphatic carbocycles. The summed E-state index contributed by atoms with van der Waals surface area (Å²) in [5, 5.41) is 24.9. The van der Waals surface area contributed by atoms with Crippen LogP contribution >= 0.6 is 0 Å². The van der Waals surface area contributed by atoms with Crippen LogP contribution in [-0.4, -0.2) is 47.1 Å². The molecule has 4 aliphatic rings. The van der Waals surface area contributed by atoms with Gasteiger partial charge in [0.15, 0.2) is 0 Å². The fraction of sp³-hybridized carbons (Fsp3) is 0.781. The van der Waals surface area contributed by atoms with Crippen molar-refractivity contribution in [1.82, 2.24) is 5.32 Å². The zero-order valence-electron chi connectivity index (χ0n) is 24.3. The molecule has 0 aliphatic heterocycles. The zero-order chi connectivity index (χ0) is 28.9. The molecule has 1 amide bonds. The average molecular weight is 575 g/mol. The quantitative estimate of drug-likeness (QED) is 0.383. The molecule has 4 saturated carbocycles. The first-order valence-electron chi connectivity index (χ1n) is 15.5. The molecule has 1 aromatic carbocycles. The number of hydrogen-bond acceptors (Lipinski definition) is 6. The molecular weight excluding hydrogens is 526 g/mol. The first-order chi connectivity index (χ1) is 18.8. The van der Waals surface area contributed by atoms with Gasteiger partial charge in [-0.15, -0.1) is 0 Å². The van der Waals surface area contributed by atoms with E-state index in [0.717, 1.165) is 38.5 Å². The minimum absolute atomic E-state index is 0.169. The molecule has 4 fully saturated rings. The molecular formula is C32H48NO6S-. The molecule has 0 bridgehead atoms. The van der Waals surface area contributed by atoms with Gasteiger partial charge in [0.2, 0.25) is 5.91 Å². The molecule has 0 spiro atoms. The lowest BCUT2D eigenvalue weighted by Crippen LogP contribution is -2.58. The molecule has 0 aromatic heterocycles. The monoisotopic (exact) mass is 574 g/mol. The van der Waals surface area contributed by atoms with E-state index in [-0.39, 0.29) is 41.3 Å². The van der Waals surface area contributed by atoms with E-state index in [4.69, 9.17) is 0 Å². The molecule has 40 heavy (non-hydrogen) atoms. The van der Waals surface area contributed by atoms with Gasteiger partial charge in [0.05, 0.1) is 34.1 Å². The number of benzene rings is 1. The Morgan fingerprint density at radius 3 is 2.48 bits per heavy atom. The van der Waals surface area contributed by atoms with Crippen molar-refractivity contribution in [2.75, 3.05) is 5.75 Å². The maximum atomic E-state index is 13.0. The van der Waals surface area contributed by atoms with Gasteiger partial charge in [-0.1, -0.05) is 51.1 Å². The number of carbonyl (C=O) groups excluding carboxylic acids is 1. The van der Waals surface area contributed by atoms with Crippen LogP contribution in [0.3, 0.4) is 0 Å². The minimum Gasteiger partial charge on any atom is -0.748 e. The number of aliphatic hydroxyl groups is 2. The van der Waals surface area contributed by atoms with E-state index in [1.165, 1.54) is 12.8 Å². The Bertz CT molecular complexity index is 1160. The van der Waals surface area contributed by atoms with E-state index in [0.29, 0.717) is 41.6 Å². The molecule has 5 rings (SSSR count). The number of carbonyl (C=O) groups is 1. The summed E-state index contributed by atoms with van der Waals surface area (Å²) >= 11 is 0. The van der Waals surface area contributed by atoms with Crippen LogP contribution in [0.5, 0.6) is 0 Å². The smallest absolute Gasteiger partial charge is 0.220 e. The van der Waals surface area contributed by atoms with E-state index < -0.39 is 21.9 Å². The van der Waals surface area contributed by atoms with Crippen molar-refractivity contribution in [3.63, 3.8) is 0 Å².